The van der Waals surface area contributed by atoms with Crippen LogP contribution in [0.3, 0.4) is 0 Å². The second-order valence-electron chi connectivity index (χ2n) is 5.14. The summed E-state index contributed by atoms with van der Waals surface area (Å²) in [4.78, 5) is 0. The lowest BCUT2D eigenvalue weighted by atomic mass is 9.96. The van der Waals surface area contributed by atoms with Crippen molar-refractivity contribution < 1.29 is 4.74 Å². The third-order valence-electron chi connectivity index (χ3n) is 3.57. The zero-order valence-corrected chi connectivity index (χ0v) is 13.6. The second kappa shape index (κ2) is 7.48. The number of nitrogens with one attached hydrogen (secondary N) is 1. The van der Waals surface area contributed by atoms with Crippen molar-refractivity contribution in [1.29, 1.82) is 0 Å². The third kappa shape index (κ3) is 3.78. The van der Waals surface area contributed by atoms with E-state index in [2.05, 4.69) is 37.4 Å². The number of ether oxygens (including phenoxy) is 1. The first kappa shape index (κ1) is 15.9. The fourth-order valence-electron chi connectivity index (χ4n) is 2.49. The molecule has 2 rings (SSSR count). The summed E-state index contributed by atoms with van der Waals surface area (Å²) in [6, 6.07) is 14.4. The number of benzene rings is 2. The number of aryl methyl sites for hydroxylation is 1. The van der Waals surface area contributed by atoms with Crippen LogP contribution in [0, 0.1) is 6.92 Å². The van der Waals surface area contributed by atoms with E-state index in [-0.39, 0.29) is 6.04 Å². The standard InChI is InChI=1S/C18H22ClNO/c1-4-11-20-18(15-7-5-6-8-16(15)19)14-9-10-17(21-3)13(2)12-14/h5-10,12,18,20H,4,11H2,1-3H3. The predicted octanol–water partition coefficient (Wildman–Crippen LogP) is 4.75. The summed E-state index contributed by atoms with van der Waals surface area (Å²) in [7, 11) is 1.70. The van der Waals surface area contributed by atoms with Crippen molar-refractivity contribution in [3.8, 4) is 5.75 Å². The summed E-state index contributed by atoms with van der Waals surface area (Å²) in [5.41, 5.74) is 3.44. The summed E-state index contributed by atoms with van der Waals surface area (Å²) in [6.45, 7) is 5.17. The Balaban J connectivity index is 2.40. The molecule has 0 amide bonds. The van der Waals surface area contributed by atoms with Gasteiger partial charge < -0.3 is 10.1 Å². The second-order valence-corrected chi connectivity index (χ2v) is 5.54. The first-order chi connectivity index (χ1) is 10.2. The molecule has 0 fully saturated rings. The van der Waals surface area contributed by atoms with Crippen molar-refractivity contribution in [3.63, 3.8) is 0 Å². The highest BCUT2D eigenvalue weighted by Crippen LogP contribution is 2.30. The summed E-state index contributed by atoms with van der Waals surface area (Å²) in [6.07, 6.45) is 1.08. The molecule has 0 heterocycles. The van der Waals surface area contributed by atoms with E-state index < -0.39 is 0 Å². The molecule has 0 aliphatic heterocycles. The average molecular weight is 304 g/mol. The van der Waals surface area contributed by atoms with E-state index in [0.717, 1.165) is 34.9 Å². The molecule has 112 valence electrons. The molecule has 0 aliphatic carbocycles. The van der Waals surface area contributed by atoms with Gasteiger partial charge in [0.15, 0.2) is 0 Å². The van der Waals surface area contributed by atoms with Gasteiger partial charge in [0.05, 0.1) is 13.2 Å². The van der Waals surface area contributed by atoms with E-state index in [9.17, 15) is 0 Å². The third-order valence-corrected chi connectivity index (χ3v) is 3.91. The Morgan fingerprint density at radius 2 is 1.95 bits per heavy atom. The molecule has 0 saturated heterocycles. The highest BCUT2D eigenvalue weighted by Gasteiger charge is 2.16. The molecule has 2 aromatic rings. The summed E-state index contributed by atoms with van der Waals surface area (Å²) >= 11 is 6.38. The highest BCUT2D eigenvalue weighted by molar-refractivity contribution is 6.31. The lowest BCUT2D eigenvalue weighted by molar-refractivity contribution is 0.411. The van der Waals surface area contributed by atoms with Crippen molar-refractivity contribution in [3.05, 3.63) is 64.2 Å². The Morgan fingerprint density at radius 1 is 1.19 bits per heavy atom. The number of methoxy groups -OCH3 is 1. The van der Waals surface area contributed by atoms with Gasteiger partial charge in [0.1, 0.15) is 5.75 Å². The van der Waals surface area contributed by atoms with E-state index in [0.29, 0.717) is 0 Å². The van der Waals surface area contributed by atoms with Crippen molar-refractivity contribution >= 4 is 11.6 Å². The minimum atomic E-state index is 0.100. The zero-order chi connectivity index (χ0) is 15.2. The predicted molar refractivity (Wildman–Crippen MR) is 89.3 cm³/mol. The van der Waals surface area contributed by atoms with Crippen LogP contribution in [-0.4, -0.2) is 13.7 Å². The minimum Gasteiger partial charge on any atom is -0.496 e. The number of halogens is 1. The summed E-state index contributed by atoms with van der Waals surface area (Å²) < 4.78 is 5.34. The van der Waals surface area contributed by atoms with Crippen LogP contribution in [0.5, 0.6) is 5.75 Å². The number of rotatable bonds is 6. The largest absolute Gasteiger partial charge is 0.496 e. The molecule has 1 unspecified atom stereocenters. The molecule has 2 nitrogen and oxygen atoms in total. The van der Waals surface area contributed by atoms with Crippen LogP contribution < -0.4 is 10.1 Å². The number of hydrogen-bond acceptors (Lipinski definition) is 2. The Labute approximate surface area is 132 Å². The monoisotopic (exact) mass is 303 g/mol. The van der Waals surface area contributed by atoms with Crippen molar-refractivity contribution in [1.82, 2.24) is 5.32 Å². The molecule has 0 aromatic heterocycles. The molecule has 1 N–H and O–H groups in total. The van der Waals surface area contributed by atoms with Gasteiger partial charge >= 0.3 is 0 Å². The molecule has 0 aliphatic rings. The smallest absolute Gasteiger partial charge is 0.121 e. The maximum absolute atomic E-state index is 6.38. The van der Waals surface area contributed by atoms with E-state index >= 15 is 0 Å². The first-order valence-corrected chi connectivity index (χ1v) is 7.67. The van der Waals surface area contributed by atoms with Crippen LogP contribution in [-0.2, 0) is 0 Å². The van der Waals surface area contributed by atoms with Gasteiger partial charge in [-0.1, -0.05) is 48.9 Å². The van der Waals surface area contributed by atoms with Crippen LogP contribution in [0.15, 0.2) is 42.5 Å². The Hall–Kier alpha value is -1.51. The van der Waals surface area contributed by atoms with E-state index in [4.69, 9.17) is 16.3 Å². The van der Waals surface area contributed by atoms with Crippen molar-refractivity contribution in [2.45, 2.75) is 26.3 Å². The molecule has 0 spiro atoms. The van der Waals surface area contributed by atoms with Gasteiger partial charge in [-0.2, -0.15) is 0 Å². The lowest BCUT2D eigenvalue weighted by Crippen LogP contribution is -2.23. The van der Waals surface area contributed by atoms with Crippen molar-refractivity contribution in [2.75, 3.05) is 13.7 Å². The Bertz CT molecular complexity index is 598. The fourth-order valence-corrected chi connectivity index (χ4v) is 2.73. The first-order valence-electron chi connectivity index (χ1n) is 7.29. The van der Waals surface area contributed by atoms with Crippen LogP contribution in [0.2, 0.25) is 5.02 Å². The van der Waals surface area contributed by atoms with E-state index in [1.165, 1.54) is 5.56 Å². The van der Waals surface area contributed by atoms with Crippen LogP contribution in [0.4, 0.5) is 0 Å². The fraction of sp³-hybridized carbons (Fsp3) is 0.333. The van der Waals surface area contributed by atoms with Crippen LogP contribution >= 0.6 is 11.6 Å². The summed E-state index contributed by atoms with van der Waals surface area (Å²) in [5, 5.41) is 4.37. The molecule has 2 aromatic carbocycles. The van der Waals surface area contributed by atoms with E-state index in [1.54, 1.807) is 7.11 Å². The lowest BCUT2D eigenvalue weighted by Gasteiger charge is -2.21. The van der Waals surface area contributed by atoms with Gasteiger partial charge in [-0.3, -0.25) is 0 Å². The quantitative estimate of drug-likeness (QED) is 0.832. The number of hydrogen-bond donors (Lipinski definition) is 1. The van der Waals surface area contributed by atoms with E-state index in [1.807, 2.05) is 24.3 Å². The molecular weight excluding hydrogens is 282 g/mol. The topological polar surface area (TPSA) is 21.3 Å². The van der Waals surface area contributed by atoms with Gasteiger partial charge in [-0.25, -0.2) is 0 Å². The van der Waals surface area contributed by atoms with Crippen molar-refractivity contribution in [2.24, 2.45) is 0 Å². The Morgan fingerprint density at radius 3 is 2.57 bits per heavy atom. The Kier molecular flexibility index (Phi) is 5.66. The normalized spacial score (nSPS) is 12.2. The van der Waals surface area contributed by atoms with Gasteiger partial charge in [0.2, 0.25) is 0 Å². The van der Waals surface area contributed by atoms with Gasteiger partial charge in [-0.15, -0.1) is 0 Å². The van der Waals surface area contributed by atoms with Gasteiger partial charge in [-0.05, 0) is 48.7 Å². The van der Waals surface area contributed by atoms with Gasteiger partial charge in [0, 0.05) is 5.02 Å². The SMILES string of the molecule is CCCNC(c1ccc(OC)c(C)c1)c1ccccc1Cl. The summed E-state index contributed by atoms with van der Waals surface area (Å²) in [5.74, 6) is 0.909. The molecule has 0 radical (unpaired) electrons. The van der Waals surface area contributed by atoms with Crippen LogP contribution in [0.25, 0.3) is 0 Å². The maximum atomic E-state index is 6.38. The molecule has 1 atom stereocenters. The maximum Gasteiger partial charge on any atom is 0.121 e. The molecular formula is C18H22ClNO. The molecule has 0 bridgehead atoms. The molecule has 21 heavy (non-hydrogen) atoms. The molecule has 3 heteroatoms. The van der Waals surface area contributed by atoms with Crippen LogP contribution in [0.1, 0.15) is 36.1 Å². The average Bonchev–Trinajstić information content (AvgIpc) is 2.49. The highest BCUT2D eigenvalue weighted by atomic mass is 35.5. The van der Waals surface area contributed by atoms with Gasteiger partial charge in [0.25, 0.3) is 0 Å². The zero-order valence-electron chi connectivity index (χ0n) is 12.8. The molecule has 0 saturated carbocycles. The minimum absolute atomic E-state index is 0.100.